The molecule has 8 heteroatoms. The molecule has 3 aromatic rings. The van der Waals surface area contributed by atoms with Gasteiger partial charge in [-0.1, -0.05) is 21.1 Å². The van der Waals surface area contributed by atoms with Gasteiger partial charge in [0.2, 0.25) is 11.7 Å². The number of hydrogen-bond acceptors (Lipinski definition) is 5. The highest BCUT2D eigenvalue weighted by Crippen LogP contribution is 2.32. The van der Waals surface area contributed by atoms with Gasteiger partial charge in [-0.15, -0.1) is 11.8 Å². The quantitative estimate of drug-likeness (QED) is 0.515. The molecule has 144 valence electrons. The number of nitrogens with zero attached hydrogens (tertiary/aromatic N) is 3. The molecule has 2 amide bonds. The second-order valence-corrected chi connectivity index (χ2v) is 8.27. The maximum Gasteiger partial charge on any atom is 0.322 e. The molecule has 4 rings (SSSR count). The van der Waals surface area contributed by atoms with E-state index in [1.165, 1.54) is 0 Å². The minimum absolute atomic E-state index is 0.150. The summed E-state index contributed by atoms with van der Waals surface area (Å²) in [7, 11) is 0. The van der Waals surface area contributed by atoms with Crippen LogP contribution in [0, 0.1) is 0 Å². The summed E-state index contributed by atoms with van der Waals surface area (Å²) < 4.78 is 6.49. The molecule has 0 radical (unpaired) electrons. The van der Waals surface area contributed by atoms with Crippen LogP contribution in [-0.2, 0) is 0 Å². The number of benzene rings is 2. The molecule has 1 N–H and O–H groups in total. The Morgan fingerprint density at radius 1 is 1.21 bits per heavy atom. The summed E-state index contributed by atoms with van der Waals surface area (Å²) in [5.74, 6) is 1.01. The number of amides is 2. The molecule has 2 aromatic carbocycles. The second kappa shape index (κ2) is 8.36. The molecule has 2 heterocycles. The van der Waals surface area contributed by atoms with E-state index < -0.39 is 0 Å². The van der Waals surface area contributed by atoms with Gasteiger partial charge in [-0.3, -0.25) is 0 Å². The van der Waals surface area contributed by atoms with Crippen LogP contribution in [0.2, 0.25) is 0 Å². The number of rotatable bonds is 4. The number of nitrogens with one attached hydrogen (secondary N) is 1. The number of anilines is 1. The lowest BCUT2D eigenvalue weighted by molar-refractivity contribution is 0.193. The topological polar surface area (TPSA) is 71.3 Å². The van der Waals surface area contributed by atoms with Crippen molar-refractivity contribution in [2.24, 2.45) is 0 Å². The van der Waals surface area contributed by atoms with Crippen LogP contribution in [0.25, 0.3) is 11.4 Å². The van der Waals surface area contributed by atoms with Gasteiger partial charge in [0, 0.05) is 27.2 Å². The first-order valence-electron chi connectivity index (χ1n) is 8.95. The normalized spacial score (nSPS) is 16.4. The lowest BCUT2D eigenvalue weighted by atomic mass is 10.2. The average molecular weight is 459 g/mol. The number of carbonyl (C=O) groups excluding carboxylic acids is 1. The van der Waals surface area contributed by atoms with Crippen molar-refractivity contribution in [2.75, 3.05) is 18.1 Å². The van der Waals surface area contributed by atoms with Gasteiger partial charge >= 0.3 is 6.03 Å². The Bertz CT molecular complexity index is 959. The van der Waals surface area contributed by atoms with Crippen molar-refractivity contribution in [3.63, 3.8) is 0 Å². The van der Waals surface area contributed by atoms with E-state index >= 15 is 0 Å². The van der Waals surface area contributed by atoms with E-state index in [0.717, 1.165) is 33.5 Å². The third kappa shape index (κ3) is 4.07. The molecule has 1 aliphatic heterocycles. The highest BCUT2D eigenvalue weighted by atomic mass is 79.9. The number of hydrogen-bond donors (Lipinski definition) is 1. The second-order valence-electron chi connectivity index (χ2n) is 6.47. The van der Waals surface area contributed by atoms with Crippen LogP contribution < -0.4 is 5.32 Å². The average Bonchev–Trinajstić information content (AvgIpc) is 3.38. The molecule has 6 nitrogen and oxygen atoms in total. The zero-order valence-corrected chi connectivity index (χ0v) is 17.7. The summed E-state index contributed by atoms with van der Waals surface area (Å²) in [5, 5.41) is 7.06. The van der Waals surface area contributed by atoms with Crippen molar-refractivity contribution in [1.82, 2.24) is 15.0 Å². The van der Waals surface area contributed by atoms with E-state index in [-0.39, 0.29) is 12.1 Å². The Labute approximate surface area is 175 Å². The molecule has 0 saturated carbocycles. The molecule has 1 unspecified atom stereocenters. The maximum absolute atomic E-state index is 12.8. The van der Waals surface area contributed by atoms with Gasteiger partial charge in [-0.25, -0.2) is 4.79 Å². The van der Waals surface area contributed by atoms with Gasteiger partial charge in [0.15, 0.2) is 0 Å². The minimum Gasteiger partial charge on any atom is -0.337 e. The fourth-order valence-corrected chi connectivity index (χ4v) is 3.90. The van der Waals surface area contributed by atoms with Crippen LogP contribution >= 0.6 is 27.7 Å². The number of carbonyl (C=O) groups is 1. The van der Waals surface area contributed by atoms with Crippen molar-refractivity contribution in [2.45, 2.75) is 23.8 Å². The molecule has 1 aromatic heterocycles. The first-order valence-corrected chi connectivity index (χ1v) is 11.0. The van der Waals surface area contributed by atoms with Gasteiger partial charge in [-0.05, 0) is 67.6 Å². The van der Waals surface area contributed by atoms with Crippen molar-refractivity contribution in [1.29, 1.82) is 0 Å². The van der Waals surface area contributed by atoms with Gasteiger partial charge in [0.25, 0.3) is 0 Å². The highest BCUT2D eigenvalue weighted by Gasteiger charge is 2.34. The van der Waals surface area contributed by atoms with Crippen molar-refractivity contribution < 1.29 is 9.32 Å². The van der Waals surface area contributed by atoms with Crippen LogP contribution in [0.5, 0.6) is 0 Å². The van der Waals surface area contributed by atoms with Crippen LogP contribution in [0.3, 0.4) is 0 Å². The summed E-state index contributed by atoms with van der Waals surface area (Å²) in [6.07, 6.45) is 3.73. The van der Waals surface area contributed by atoms with E-state index in [1.807, 2.05) is 54.8 Å². The third-order valence-corrected chi connectivity index (χ3v) is 5.96. The summed E-state index contributed by atoms with van der Waals surface area (Å²) in [6.45, 7) is 0.662. The number of likely N-dealkylation sites (tertiary alicyclic amines) is 1. The van der Waals surface area contributed by atoms with Gasteiger partial charge < -0.3 is 14.7 Å². The van der Waals surface area contributed by atoms with Crippen LogP contribution in [0.4, 0.5) is 10.5 Å². The summed E-state index contributed by atoms with van der Waals surface area (Å²) in [5.41, 5.74) is 1.65. The molecule has 1 fully saturated rings. The first kappa shape index (κ1) is 19.0. The van der Waals surface area contributed by atoms with Crippen LogP contribution in [0.15, 0.2) is 62.4 Å². The lowest BCUT2D eigenvalue weighted by Gasteiger charge is -2.22. The SMILES string of the molecule is CSc1ccc(NC(=O)N2CCCC2c2nc(-c3ccc(Br)cc3)no2)cc1. The molecular formula is C20H19BrN4O2S. The van der Waals surface area contributed by atoms with Gasteiger partial charge in [-0.2, -0.15) is 4.98 Å². The van der Waals surface area contributed by atoms with Crippen molar-refractivity contribution in [3.05, 3.63) is 58.9 Å². The summed E-state index contributed by atoms with van der Waals surface area (Å²) >= 11 is 5.09. The number of aromatic nitrogens is 2. The number of urea groups is 1. The Morgan fingerprint density at radius 2 is 1.96 bits per heavy atom. The summed E-state index contributed by atoms with van der Waals surface area (Å²) in [4.78, 5) is 20.2. The van der Waals surface area contributed by atoms with E-state index in [4.69, 9.17) is 4.52 Å². The predicted molar refractivity (Wildman–Crippen MR) is 113 cm³/mol. The lowest BCUT2D eigenvalue weighted by Crippen LogP contribution is -2.34. The van der Waals surface area contributed by atoms with E-state index in [1.54, 1.807) is 16.7 Å². The number of halogens is 1. The Morgan fingerprint density at radius 3 is 2.68 bits per heavy atom. The van der Waals surface area contributed by atoms with E-state index in [2.05, 4.69) is 31.4 Å². The van der Waals surface area contributed by atoms with Crippen molar-refractivity contribution in [3.8, 4) is 11.4 Å². The van der Waals surface area contributed by atoms with Crippen LogP contribution in [0.1, 0.15) is 24.8 Å². The van der Waals surface area contributed by atoms with E-state index in [0.29, 0.717) is 18.3 Å². The zero-order valence-electron chi connectivity index (χ0n) is 15.3. The van der Waals surface area contributed by atoms with E-state index in [9.17, 15) is 4.79 Å². The molecule has 28 heavy (non-hydrogen) atoms. The van der Waals surface area contributed by atoms with Gasteiger partial charge in [0.1, 0.15) is 6.04 Å². The molecule has 1 saturated heterocycles. The minimum atomic E-state index is -0.206. The summed E-state index contributed by atoms with van der Waals surface area (Å²) in [6, 6.07) is 15.2. The monoisotopic (exact) mass is 458 g/mol. The molecule has 1 aliphatic rings. The maximum atomic E-state index is 12.8. The molecule has 0 bridgehead atoms. The first-order chi connectivity index (χ1) is 13.6. The Balaban J connectivity index is 1.48. The van der Waals surface area contributed by atoms with Crippen molar-refractivity contribution >= 4 is 39.4 Å². The largest absolute Gasteiger partial charge is 0.337 e. The molecule has 0 aliphatic carbocycles. The smallest absolute Gasteiger partial charge is 0.322 e. The fraction of sp³-hybridized carbons (Fsp3) is 0.250. The van der Waals surface area contributed by atoms with Crippen LogP contribution in [-0.4, -0.2) is 33.9 Å². The molecule has 1 atom stereocenters. The zero-order chi connectivity index (χ0) is 19.5. The number of thioether (sulfide) groups is 1. The van der Waals surface area contributed by atoms with Gasteiger partial charge in [0.05, 0.1) is 0 Å². The molecule has 0 spiro atoms. The predicted octanol–water partition coefficient (Wildman–Crippen LogP) is 5.59. The fourth-order valence-electron chi connectivity index (χ4n) is 3.22. The molecular weight excluding hydrogens is 440 g/mol. The Kier molecular flexibility index (Phi) is 5.68. The standard InChI is InChI=1S/C20H19BrN4O2S/c1-28-16-10-8-15(9-11-16)22-20(26)25-12-2-3-17(25)19-23-18(24-27-19)13-4-6-14(21)7-5-13/h4-11,17H,2-3,12H2,1H3,(H,22,26). The Hall–Kier alpha value is -2.32. The highest BCUT2D eigenvalue weighted by molar-refractivity contribution is 9.10. The third-order valence-electron chi connectivity index (χ3n) is 4.68.